The highest BCUT2D eigenvalue weighted by molar-refractivity contribution is 5.65. The molecule has 0 saturated heterocycles. The first-order valence-electron chi connectivity index (χ1n) is 4.08. The number of aromatic nitrogens is 1. The van der Waals surface area contributed by atoms with Gasteiger partial charge in [0.05, 0.1) is 6.04 Å². The van der Waals surface area contributed by atoms with Gasteiger partial charge in [0.1, 0.15) is 0 Å². The molecule has 2 rings (SSSR count). The van der Waals surface area contributed by atoms with Gasteiger partial charge in [-0.25, -0.2) is 5.01 Å². The van der Waals surface area contributed by atoms with Crippen LogP contribution in [-0.4, -0.2) is 22.6 Å². The molecule has 0 bridgehead atoms. The second-order valence-electron chi connectivity index (χ2n) is 2.82. The molecule has 0 fully saturated rings. The molecule has 0 radical (unpaired) electrons. The number of pyridine rings is 1. The average molecular weight is 175 g/mol. The number of amides is 1. The van der Waals surface area contributed by atoms with Gasteiger partial charge in [0.25, 0.3) is 0 Å². The Bertz CT molecular complexity index is 323. The van der Waals surface area contributed by atoms with E-state index in [9.17, 15) is 4.79 Å². The van der Waals surface area contributed by atoms with Gasteiger partial charge in [0.2, 0.25) is 6.41 Å². The maximum Gasteiger partial charge on any atom is 0.230 e. The highest BCUT2D eigenvalue weighted by atomic mass is 16.1. The largest absolute Gasteiger partial charge is 0.277 e. The number of carbonyl (C=O) groups excluding carboxylic acids is 1. The van der Waals surface area contributed by atoms with Gasteiger partial charge in [-0.1, -0.05) is 6.07 Å². The standard InChI is InChI=1S/C9H9N3O/c13-7-12-9(3-5-11-12)8-2-1-4-10-6-8/h1-2,4-7,9H,3H2. The molecule has 1 atom stereocenters. The molecule has 1 unspecified atom stereocenters. The van der Waals surface area contributed by atoms with Crippen molar-refractivity contribution in [2.75, 3.05) is 0 Å². The van der Waals surface area contributed by atoms with Crippen LogP contribution < -0.4 is 0 Å². The third-order valence-corrected chi connectivity index (χ3v) is 2.04. The summed E-state index contributed by atoms with van der Waals surface area (Å²) in [5, 5.41) is 5.34. The lowest BCUT2D eigenvalue weighted by atomic mass is 10.1. The van der Waals surface area contributed by atoms with Crippen molar-refractivity contribution in [2.45, 2.75) is 12.5 Å². The molecular formula is C9H9N3O. The molecule has 0 aromatic carbocycles. The maximum absolute atomic E-state index is 10.6. The van der Waals surface area contributed by atoms with Crippen molar-refractivity contribution >= 4 is 12.6 Å². The van der Waals surface area contributed by atoms with E-state index in [1.165, 1.54) is 5.01 Å². The van der Waals surface area contributed by atoms with Gasteiger partial charge in [-0.3, -0.25) is 9.78 Å². The molecule has 0 saturated carbocycles. The Morgan fingerprint density at radius 3 is 3.23 bits per heavy atom. The summed E-state index contributed by atoms with van der Waals surface area (Å²) in [6, 6.07) is 3.84. The van der Waals surface area contributed by atoms with Crippen molar-refractivity contribution in [3.8, 4) is 0 Å². The number of rotatable bonds is 2. The van der Waals surface area contributed by atoms with Crippen molar-refractivity contribution in [2.24, 2.45) is 5.10 Å². The lowest BCUT2D eigenvalue weighted by Crippen LogP contribution is -2.17. The van der Waals surface area contributed by atoms with Crippen molar-refractivity contribution in [1.29, 1.82) is 0 Å². The number of hydrogen-bond acceptors (Lipinski definition) is 3. The number of hydrazone groups is 1. The van der Waals surface area contributed by atoms with Gasteiger partial charge < -0.3 is 0 Å². The molecule has 0 N–H and O–H groups in total. The Kier molecular flexibility index (Phi) is 2.04. The minimum Gasteiger partial charge on any atom is -0.277 e. The molecular weight excluding hydrogens is 166 g/mol. The van der Waals surface area contributed by atoms with Gasteiger partial charge >= 0.3 is 0 Å². The maximum atomic E-state index is 10.6. The normalized spacial score (nSPS) is 20.6. The molecule has 1 aromatic rings. The van der Waals surface area contributed by atoms with Crippen LogP contribution >= 0.6 is 0 Å². The lowest BCUT2D eigenvalue weighted by Gasteiger charge is -2.16. The van der Waals surface area contributed by atoms with Crippen LogP contribution in [-0.2, 0) is 4.79 Å². The van der Waals surface area contributed by atoms with Crippen LogP contribution in [0.4, 0.5) is 0 Å². The minimum absolute atomic E-state index is 0.0335. The van der Waals surface area contributed by atoms with E-state index in [1.54, 1.807) is 18.6 Å². The van der Waals surface area contributed by atoms with Crippen molar-refractivity contribution < 1.29 is 4.79 Å². The van der Waals surface area contributed by atoms with E-state index in [4.69, 9.17) is 0 Å². The summed E-state index contributed by atoms with van der Waals surface area (Å²) >= 11 is 0. The van der Waals surface area contributed by atoms with Crippen LogP contribution in [0.3, 0.4) is 0 Å². The summed E-state index contributed by atoms with van der Waals surface area (Å²) < 4.78 is 0. The highest BCUT2D eigenvalue weighted by Gasteiger charge is 2.21. The van der Waals surface area contributed by atoms with Crippen LogP contribution in [0.25, 0.3) is 0 Å². The van der Waals surface area contributed by atoms with E-state index in [0.717, 1.165) is 18.4 Å². The second kappa shape index (κ2) is 3.35. The first kappa shape index (κ1) is 7.91. The summed E-state index contributed by atoms with van der Waals surface area (Å²) in [7, 11) is 0. The van der Waals surface area contributed by atoms with Gasteiger partial charge in [-0.15, -0.1) is 0 Å². The van der Waals surface area contributed by atoms with E-state index < -0.39 is 0 Å². The van der Waals surface area contributed by atoms with Crippen molar-refractivity contribution in [3.63, 3.8) is 0 Å². The molecule has 1 aliphatic rings. The fraction of sp³-hybridized carbons (Fsp3) is 0.222. The van der Waals surface area contributed by atoms with Crippen LogP contribution in [0.15, 0.2) is 29.6 Å². The molecule has 66 valence electrons. The molecule has 1 amide bonds. The van der Waals surface area contributed by atoms with Crippen molar-refractivity contribution in [3.05, 3.63) is 30.1 Å². The smallest absolute Gasteiger partial charge is 0.230 e. The van der Waals surface area contributed by atoms with Gasteiger partial charge in [0, 0.05) is 25.0 Å². The molecule has 0 spiro atoms. The Morgan fingerprint density at radius 1 is 1.62 bits per heavy atom. The van der Waals surface area contributed by atoms with Crippen LogP contribution in [0.5, 0.6) is 0 Å². The first-order valence-corrected chi connectivity index (χ1v) is 4.08. The Hall–Kier alpha value is -1.71. The number of hydrogen-bond donors (Lipinski definition) is 0. The van der Waals surface area contributed by atoms with Crippen molar-refractivity contribution in [1.82, 2.24) is 9.99 Å². The topological polar surface area (TPSA) is 45.6 Å². The predicted molar refractivity (Wildman–Crippen MR) is 48.0 cm³/mol. The number of carbonyl (C=O) groups is 1. The summed E-state index contributed by atoms with van der Waals surface area (Å²) in [5.74, 6) is 0. The highest BCUT2D eigenvalue weighted by Crippen LogP contribution is 2.25. The fourth-order valence-electron chi connectivity index (χ4n) is 1.39. The Labute approximate surface area is 75.9 Å². The van der Waals surface area contributed by atoms with E-state index in [2.05, 4.69) is 10.1 Å². The summed E-state index contributed by atoms with van der Waals surface area (Å²) in [5.41, 5.74) is 1.02. The zero-order chi connectivity index (χ0) is 9.10. The molecule has 13 heavy (non-hydrogen) atoms. The first-order chi connectivity index (χ1) is 6.42. The molecule has 4 nitrogen and oxygen atoms in total. The van der Waals surface area contributed by atoms with E-state index >= 15 is 0 Å². The molecule has 1 aliphatic heterocycles. The third kappa shape index (κ3) is 1.42. The van der Waals surface area contributed by atoms with Crippen LogP contribution in [0.2, 0.25) is 0 Å². The lowest BCUT2D eigenvalue weighted by molar-refractivity contribution is -0.119. The van der Waals surface area contributed by atoms with Crippen LogP contribution in [0, 0.1) is 0 Å². The SMILES string of the molecule is O=CN1N=CCC1c1cccnc1. The fourth-order valence-corrected chi connectivity index (χ4v) is 1.39. The van der Waals surface area contributed by atoms with Gasteiger partial charge in [-0.2, -0.15) is 5.10 Å². The monoisotopic (exact) mass is 175 g/mol. The summed E-state index contributed by atoms with van der Waals surface area (Å²) in [6.07, 6.45) is 6.72. The Morgan fingerprint density at radius 2 is 2.54 bits per heavy atom. The van der Waals surface area contributed by atoms with E-state index in [1.807, 2.05) is 12.1 Å². The third-order valence-electron chi connectivity index (χ3n) is 2.04. The molecule has 0 aliphatic carbocycles. The molecule has 1 aromatic heterocycles. The second-order valence-corrected chi connectivity index (χ2v) is 2.82. The Balaban J connectivity index is 2.23. The van der Waals surface area contributed by atoms with E-state index in [-0.39, 0.29) is 6.04 Å². The average Bonchev–Trinajstić information content (AvgIpc) is 2.67. The van der Waals surface area contributed by atoms with Gasteiger partial charge in [-0.05, 0) is 11.6 Å². The zero-order valence-corrected chi connectivity index (χ0v) is 7.00. The zero-order valence-electron chi connectivity index (χ0n) is 7.00. The number of nitrogens with zero attached hydrogens (tertiary/aromatic N) is 3. The summed E-state index contributed by atoms with van der Waals surface area (Å²) in [4.78, 5) is 14.6. The predicted octanol–water partition coefficient (Wildman–Crippen LogP) is 0.971. The quantitative estimate of drug-likeness (QED) is 0.629. The summed E-state index contributed by atoms with van der Waals surface area (Å²) in [6.45, 7) is 0. The molecule has 2 heterocycles. The van der Waals surface area contributed by atoms with Crippen LogP contribution in [0.1, 0.15) is 18.0 Å². The minimum atomic E-state index is 0.0335. The van der Waals surface area contributed by atoms with Gasteiger partial charge in [0.15, 0.2) is 0 Å². The molecule has 4 heteroatoms. The van der Waals surface area contributed by atoms with E-state index in [0.29, 0.717) is 0 Å².